The SMILES string of the molecule is CCOC(=O)c1ccc(NC(=O)Nc2cccc(C(F)(F)F)c2)cc1. The molecule has 0 fully saturated rings. The largest absolute Gasteiger partial charge is 0.462 e. The predicted octanol–water partition coefficient (Wildman–Crippen LogP) is 4.53. The van der Waals surface area contributed by atoms with E-state index in [0.29, 0.717) is 11.3 Å². The lowest BCUT2D eigenvalue weighted by atomic mass is 10.2. The Balaban J connectivity index is 2.00. The summed E-state index contributed by atoms with van der Waals surface area (Å²) < 4.78 is 42.8. The van der Waals surface area contributed by atoms with Crippen LogP contribution in [0.3, 0.4) is 0 Å². The summed E-state index contributed by atoms with van der Waals surface area (Å²) in [6.45, 7) is 1.93. The monoisotopic (exact) mass is 352 g/mol. The maximum atomic E-state index is 12.6. The van der Waals surface area contributed by atoms with Gasteiger partial charge < -0.3 is 15.4 Å². The zero-order valence-corrected chi connectivity index (χ0v) is 13.2. The topological polar surface area (TPSA) is 67.4 Å². The molecule has 2 N–H and O–H groups in total. The van der Waals surface area contributed by atoms with Gasteiger partial charge in [0.25, 0.3) is 0 Å². The van der Waals surface area contributed by atoms with Crippen LogP contribution in [0.25, 0.3) is 0 Å². The van der Waals surface area contributed by atoms with E-state index in [1.165, 1.54) is 36.4 Å². The third-order valence-electron chi connectivity index (χ3n) is 3.10. The number of carbonyl (C=O) groups is 2. The average molecular weight is 352 g/mol. The summed E-state index contributed by atoms with van der Waals surface area (Å²) in [5.41, 5.74) is -0.150. The van der Waals surface area contributed by atoms with Gasteiger partial charge >= 0.3 is 18.2 Å². The van der Waals surface area contributed by atoms with E-state index >= 15 is 0 Å². The van der Waals surface area contributed by atoms with Crippen LogP contribution in [0.4, 0.5) is 29.3 Å². The number of esters is 1. The maximum Gasteiger partial charge on any atom is 0.416 e. The number of anilines is 2. The van der Waals surface area contributed by atoms with Crippen LogP contribution in [-0.4, -0.2) is 18.6 Å². The number of hydrogen-bond donors (Lipinski definition) is 2. The zero-order valence-electron chi connectivity index (χ0n) is 13.2. The van der Waals surface area contributed by atoms with Gasteiger partial charge in [-0.1, -0.05) is 6.07 Å². The standard InChI is InChI=1S/C17H15F3N2O3/c1-2-25-15(23)11-6-8-13(9-7-11)21-16(24)22-14-5-3-4-12(10-14)17(18,19)20/h3-10H,2H2,1H3,(H2,21,22,24). The fraction of sp³-hybridized carbons (Fsp3) is 0.176. The molecule has 2 rings (SSSR count). The quantitative estimate of drug-likeness (QED) is 0.795. The molecule has 8 heteroatoms. The second-order valence-electron chi connectivity index (χ2n) is 4.96. The van der Waals surface area contributed by atoms with Crippen LogP contribution in [0.5, 0.6) is 0 Å². The Labute approximate surface area is 141 Å². The lowest BCUT2D eigenvalue weighted by Gasteiger charge is -2.11. The van der Waals surface area contributed by atoms with E-state index in [9.17, 15) is 22.8 Å². The lowest BCUT2D eigenvalue weighted by molar-refractivity contribution is -0.137. The van der Waals surface area contributed by atoms with Gasteiger partial charge in [-0.15, -0.1) is 0 Å². The van der Waals surface area contributed by atoms with Gasteiger partial charge in [-0.25, -0.2) is 9.59 Å². The summed E-state index contributed by atoms with van der Waals surface area (Å²) in [5.74, 6) is -0.484. The minimum atomic E-state index is -4.49. The fourth-order valence-corrected chi connectivity index (χ4v) is 1.97. The van der Waals surface area contributed by atoms with Crippen molar-refractivity contribution in [2.75, 3.05) is 17.2 Å². The van der Waals surface area contributed by atoms with Crippen LogP contribution < -0.4 is 10.6 Å². The Kier molecular flexibility index (Phi) is 5.63. The van der Waals surface area contributed by atoms with E-state index in [4.69, 9.17) is 4.74 Å². The van der Waals surface area contributed by atoms with Crippen LogP contribution in [-0.2, 0) is 10.9 Å². The van der Waals surface area contributed by atoms with Crippen molar-refractivity contribution in [3.8, 4) is 0 Å². The highest BCUT2D eigenvalue weighted by atomic mass is 19.4. The maximum absolute atomic E-state index is 12.6. The average Bonchev–Trinajstić information content (AvgIpc) is 2.55. The lowest BCUT2D eigenvalue weighted by Crippen LogP contribution is -2.20. The number of benzene rings is 2. The van der Waals surface area contributed by atoms with Gasteiger partial charge in [0.05, 0.1) is 17.7 Å². The highest BCUT2D eigenvalue weighted by Crippen LogP contribution is 2.30. The van der Waals surface area contributed by atoms with Crippen molar-refractivity contribution in [1.82, 2.24) is 0 Å². The molecule has 0 unspecified atom stereocenters. The summed E-state index contributed by atoms with van der Waals surface area (Å²) in [6.07, 6.45) is -4.49. The molecule has 2 aromatic rings. The van der Waals surface area contributed by atoms with Gasteiger partial charge in [-0.3, -0.25) is 0 Å². The van der Waals surface area contributed by atoms with Gasteiger partial charge in [-0.05, 0) is 49.4 Å². The van der Waals surface area contributed by atoms with Crippen molar-refractivity contribution in [1.29, 1.82) is 0 Å². The van der Waals surface area contributed by atoms with Crippen LogP contribution in [0, 0.1) is 0 Å². The van der Waals surface area contributed by atoms with Crippen molar-refractivity contribution in [3.05, 3.63) is 59.7 Å². The Hall–Kier alpha value is -3.03. The zero-order chi connectivity index (χ0) is 18.4. The molecule has 0 aromatic heterocycles. The third kappa shape index (κ3) is 5.23. The van der Waals surface area contributed by atoms with E-state index in [0.717, 1.165) is 12.1 Å². The van der Waals surface area contributed by atoms with Crippen LogP contribution in [0.2, 0.25) is 0 Å². The summed E-state index contributed by atoms with van der Waals surface area (Å²) in [6, 6.07) is 9.50. The van der Waals surface area contributed by atoms with E-state index in [-0.39, 0.29) is 12.3 Å². The molecule has 0 radical (unpaired) electrons. The molecule has 0 spiro atoms. The number of nitrogens with one attached hydrogen (secondary N) is 2. The molecule has 2 amide bonds. The molecule has 0 aliphatic heterocycles. The molecule has 132 valence electrons. The summed E-state index contributed by atoms with van der Waals surface area (Å²) in [7, 11) is 0. The second-order valence-corrected chi connectivity index (χ2v) is 4.96. The number of carbonyl (C=O) groups excluding carboxylic acids is 2. The fourth-order valence-electron chi connectivity index (χ4n) is 1.97. The summed E-state index contributed by atoms with van der Waals surface area (Å²) >= 11 is 0. The van der Waals surface area contributed by atoms with Crippen molar-refractivity contribution in [2.45, 2.75) is 13.1 Å². The van der Waals surface area contributed by atoms with Gasteiger partial charge in [-0.2, -0.15) is 13.2 Å². The van der Waals surface area contributed by atoms with Gasteiger partial charge in [0.1, 0.15) is 0 Å². The van der Waals surface area contributed by atoms with E-state index in [1.807, 2.05) is 0 Å². The molecule has 0 atom stereocenters. The Morgan fingerprint density at radius 3 is 2.24 bits per heavy atom. The first-order valence-electron chi connectivity index (χ1n) is 7.32. The molecule has 0 aliphatic carbocycles. The molecular weight excluding hydrogens is 337 g/mol. The number of alkyl halides is 3. The van der Waals surface area contributed by atoms with Gasteiger partial charge in [0, 0.05) is 11.4 Å². The number of urea groups is 1. The highest BCUT2D eigenvalue weighted by Gasteiger charge is 2.30. The third-order valence-corrected chi connectivity index (χ3v) is 3.10. The van der Waals surface area contributed by atoms with E-state index < -0.39 is 23.7 Å². The number of halogens is 3. The van der Waals surface area contributed by atoms with Crippen molar-refractivity contribution in [2.24, 2.45) is 0 Å². The first kappa shape index (κ1) is 18.3. The van der Waals surface area contributed by atoms with Gasteiger partial charge in [0.15, 0.2) is 0 Å². The first-order valence-corrected chi connectivity index (χ1v) is 7.32. The van der Waals surface area contributed by atoms with Crippen molar-refractivity contribution in [3.63, 3.8) is 0 Å². The number of hydrogen-bond acceptors (Lipinski definition) is 3. The van der Waals surface area contributed by atoms with E-state index in [2.05, 4.69) is 10.6 Å². The van der Waals surface area contributed by atoms with Crippen molar-refractivity contribution >= 4 is 23.4 Å². The molecule has 0 aliphatic rings. The summed E-state index contributed by atoms with van der Waals surface area (Å²) in [4.78, 5) is 23.4. The Morgan fingerprint density at radius 1 is 1.00 bits per heavy atom. The normalized spacial score (nSPS) is 10.9. The Bertz CT molecular complexity index is 758. The number of rotatable bonds is 4. The van der Waals surface area contributed by atoms with Crippen LogP contribution in [0.1, 0.15) is 22.8 Å². The summed E-state index contributed by atoms with van der Waals surface area (Å²) in [5, 5.41) is 4.78. The Morgan fingerprint density at radius 2 is 1.64 bits per heavy atom. The predicted molar refractivity (Wildman–Crippen MR) is 86.5 cm³/mol. The minimum absolute atomic E-state index is 0.00969. The van der Waals surface area contributed by atoms with Crippen LogP contribution in [0.15, 0.2) is 48.5 Å². The molecule has 0 bridgehead atoms. The van der Waals surface area contributed by atoms with Crippen molar-refractivity contribution < 1.29 is 27.5 Å². The highest BCUT2D eigenvalue weighted by molar-refractivity contribution is 6.00. The van der Waals surface area contributed by atoms with Gasteiger partial charge in [0.2, 0.25) is 0 Å². The molecule has 0 saturated carbocycles. The van der Waals surface area contributed by atoms with Crippen LogP contribution >= 0.6 is 0 Å². The molecule has 0 heterocycles. The minimum Gasteiger partial charge on any atom is -0.462 e. The first-order chi connectivity index (χ1) is 11.8. The molecule has 25 heavy (non-hydrogen) atoms. The number of amides is 2. The smallest absolute Gasteiger partial charge is 0.416 e. The second kappa shape index (κ2) is 7.69. The van der Waals surface area contributed by atoms with E-state index in [1.54, 1.807) is 6.92 Å². The number of ether oxygens (including phenoxy) is 1. The molecule has 2 aromatic carbocycles. The molecular formula is C17H15F3N2O3. The molecule has 0 saturated heterocycles. The molecule has 5 nitrogen and oxygen atoms in total.